The molecule has 0 N–H and O–H groups in total. The molecule has 2 aliphatic carbocycles. The Morgan fingerprint density at radius 3 is 2.70 bits per heavy atom. The number of aromatic nitrogens is 3. The van der Waals surface area contributed by atoms with Crippen molar-refractivity contribution in [3.8, 4) is 5.69 Å². The van der Waals surface area contributed by atoms with Crippen molar-refractivity contribution >= 4 is 11.6 Å². The predicted molar refractivity (Wildman–Crippen MR) is 101 cm³/mol. The number of hydrogen-bond acceptors (Lipinski definition) is 4. The van der Waals surface area contributed by atoms with E-state index in [0.29, 0.717) is 17.4 Å². The molecule has 2 aromatic rings. The summed E-state index contributed by atoms with van der Waals surface area (Å²) >= 11 is 6.32. The molecule has 4 aliphatic rings. The lowest BCUT2D eigenvalue weighted by Gasteiger charge is -2.53. The zero-order valence-corrected chi connectivity index (χ0v) is 15.9. The van der Waals surface area contributed by atoms with Crippen LogP contribution in [0.1, 0.15) is 48.8 Å². The van der Waals surface area contributed by atoms with E-state index in [9.17, 15) is 0 Å². The van der Waals surface area contributed by atoms with Crippen molar-refractivity contribution in [1.82, 2.24) is 24.7 Å². The number of halogens is 1. The normalized spacial score (nSPS) is 23.8. The van der Waals surface area contributed by atoms with E-state index >= 15 is 0 Å². The first kappa shape index (κ1) is 15.9. The predicted octanol–water partition coefficient (Wildman–Crippen LogP) is 3.41. The third-order valence-electron chi connectivity index (χ3n) is 6.72. The van der Waals surface area contributed by atoms with Gasteiger partial charge in [0.05, 0.1) is 25.3 Å². The van der Waals surface area contributed by atoms with Crippen LogP contribution in [0.4, 0.5) is 0 Å². The lowest BCUT2D eigenvalue weighted by Crippen LogP contribution is -2.59. The minimum absolute atomic E-state index is 0.342. The first-order chi connectivity index (χ1) is 13.1. The second-order valence-corrected chi connectivity index (χ2v) is 9.18. The van der Waals surface area contributed by atoms with E-state index in [-0.39, 0.29) is 0 Å². The average Bonchev–Trinajstić information content (AvgIpc) is 3.37. The SMILES string of the molecule is [C-]#[N+]N1CC2(CC(c3nnc4n3-c3ccc(Cl)cc3CN(C3CC3)C4)C2)C1. The second-order valence-electron chi connectivity index (χ2n) is 8.75. The quantitative estimate of drug-likeness (QED) is 0.749. The van der Waals surface area contributed by atoms with Crippen LogP contribution in [0.3, 0.4) is 0 Å². The Morgan fingerprint density at radius 1 is 1.15 bits per heavy atom. The summed E-state index contributed by atoms with van der Waals surface area (Å²) in [6.45, 7) is 10.7. The van der Waals surface area contributed by atoms with Gasteiger partial charge < -0.3 is 0 Å². The van der Waals surface area contributed by atoms with Gasteiger partial charge in [0.15, 0.2) is 5.82 Å². The molecule has 3 fully saturated rings. The Bertz CT molecular complexity index is 957. The number of hydrogen-bond donors (Lipinski definition) is 0. The number of fused-ring (bicyclic) bond motifs is 3. The molecular formula is C20H21ClN6. The summed E-state index contributed by atoms with van der Waals surface area (Å²) in [4.78, 5) is 6.06. The fraction of sp³-hybridized carbons (Fsp3) is 0.550. The standard InChI is InChI=1S/C20H21ClN6/c1-22-26-11-20(12-26)7-14(8-20)19-24-23-18-10-25(16-3-4-16)9-13-6-15(21)2-5-17(13)27(18)19/h2,5-6,14,16H,3-4,7-12H2. The van der Waals surface area contributed by atoms with Crippen LogP contribution >= 0.6 is 11.6 Å². The molecule has 2 saturated carbocycles. The Balaban J connectivity index is 1.36. The molecule has 0 bridgehead atoms. The maximum Gasteiger partial charge on any atom is 0.151 e. The molecule has 0 atom stereocenters. The lowest BCUT2D eigenvalue weighted by atomic mass is 9.58. The summed E-state index contributed by atoms with van der Waals surface area (Å²) in [6.07, 6.45) is 4.79. The molecule has 6 nitrogen and oxygen atoms in total. The number of rotatable bonds is 2. The van der Waals surface area contributed by atoms with E-state index < -0.39 is 0 Å². The summed E-state index contributed by atoms with van der Waals surface area (Å²) < 4.78 is 2.30. The molecule has 7 heteroatoms. The number of benzene rings is 1. The molecule has 1 saturated heterocycles. The van der Waals surface area contributed by atoms with Gasteiger partial charge in [-0.1, -0.05) is 11.6 Å². The highest BCUT2D eigenvalue weighted by molar-refractivity contribution is 6.30. The first-order valence-corrected chi connectivity index (χ1v) is 10.1. The molecule has 0 unspecified atom stereocenters. The van der Waals surface area contributed by atoms with Crippen LogP contribution in [0.5, 0.6) is 0 Å². The van der Waals surface area contributed by atoms with E-state index in [4.69, 9.17) is 18.2 Å². The highest BCUT2D eigenvalue weighted by atomic mass is 35.5. The summed E-state index contributed by atoms with van der Waals surface area (Å²) in [5.41, 5.74) is 2.80. The largest absolute Gasteiger partial charge is 0.289 e. The van der Waals surface area contributed by atoms with E-state index in [1.807, 2.05) is 11.1 Å². The second kappa shape index (κ2) is 5.46. The van der Waals surface area contributed by atoms with E-state index in [1.54, 1.807) is 0 Å². The molecule has 1 spiro atoms. The Hall–Kier alpha value is -2.10. The fourth-order valence-electron chi connectivity index (χ4n) is 5.24. The molecule has 27 heavy (non-hydrogen) atoms. The van der Waals surface area contributed by atoms with Crippen molar-refractivity contribution in [2.24, 2.45) is 5.41 Å². The molecule has 3 heterocycles. The highest BCUT2D eigenvalue weighted by Gasteiger charge is 2.56. The van der Waals surface area contributed by atoms with Gasteiger partial charge in [0.2, 0.25) is 0 Å². The summed E-state index contributed by atoms with van der Waals surface area (Å²) in [5, 5.41) is 11.9. The summed E-state index contributed by atoms with van der Waals surface area (Å²) in [7, 11) is 0. The lowest BCUT2D eigenvalue weighted by molar-refractivity contribution is -0.0502. The van der Waals surface area contributed by atoms with Gasteiger partial charge in [-0.3, -0.25) is 9.47 Å². The van der Waals surface area contributed by atoms with Crippen LogP contribution in [0.15, 0.2) is 18.2 Å². The van der Waals surface area contributed by atoms with Crippen LogP contribution in [-0.2, 0) is 13.1 Å². The van der Waals surface area contributed by atoms with Gasteiger partial charge in [-0.05, 0) is 49.4 Å². The van der Waals surface area contributed by atoms with Gasteiger partial charge in [-0.15, -0.1) is 15.2 Å². The Morgan fingerprint density at radius 2 is 1.96 bits per heavy atom. The van der Waals surface area contributed by atoms with Crippen molar-refractivity contribution in [3.05, 3.63) is 52.0 Å². The van der Waals surface area contributed by atoms with Crippen molar-refractivity contribution in [2.75, 3.05) is 13.1 Å². The fourth-order valence-corrected chi connectivity index (χ4v) is 5.43. The zero-order chi connectivity index (χ0) is 18.2. The van der Waals surface area contributed by atoms with Gasteiger partial charge in [0.25, 0.3) is 0 Å². The van der Waals surface area contributed by atoms with E-state index in [0.717, 1.165) is 55.7 Å². The minimum Gasteiger partial charge on any atom is -0.289 e. The van der Waals surface area contributed by atoms with Crippen LogP contribution in [0.25, 0.3) is 10.6 Å². The van der Waals surface area contributed by atoms with Crippen molar-refractivity contribution in [1.29, 1.82) is 0 Å². The topological polar surface area (TPSA) is 41.6 Å². The molecule has 0 radical (unpaired) electrons. The Kier molecular flexibility index (Phi) is 3.22. The van der Waals surface area contributed by atoms with Crippen molar-refractivity contribution in [2.45, 2.75) is 50.7 Å². The molecule has 1 aromatic heterocycles. The molecule has 2 aliphatic heterocycles. The molecular weight excluding hydrogens is 360 g/mol. The van der Waals surface area contributed by atoms with E-state index in [1.165, 1.54) is 24.1 Å². The summed E-state index contributed by atoms with van der Waals surface area (Å²) in [5.74, 6) is 2.59. The van der Waals surface area contributed by atoms with Crippen LogP contribution in [-0.4, -0.2) is 43.8 Å². The highest BCUT2D eigenvalue weighted by Crippen LogP contribution is 2.56. The smallest absolute Gasteiger partial charge is 0.151 e. The van der Waals surface area contributed by atoms with Gasteiger partial charge in [0.1, 0.15) is 5.82 Å². The van der Waals surface area contributed by atoms with Crippen molar-refractivity contribution in [3.63, 3.8) is 0 Å². The third kappa shape index (κ3) is 2.41. The maximum atomic E-state index is 7.14. The summed E-state index contributed by atoms with van der Waals surface area (Å²) in [6, 6.07) is 6.88. The molecule has 1 aromatic carbocycles. The third-order valence-corrected chi connectivity index (χ3v) is 6.96. The van der Waals surface area contributed by atoms with Gasteiger partial charge in [-0.25, -0.2) is 0 Å². The monoisotopic (exact) mass is 380 g/mol. The van der Waals surface area contributed by atoms with Crippen LogP contribution in [0.2, 0.25) is 5.02 Å². The first-order valence-electron chi connectivity index (χ1n) is 9.73. The van der Waals surface area contributed by atoms with Crippen molar-refractivity contribution < 1.29 is 0 Å². The van der Waals surface area contributed by atoms with Crippen LogP contribution in [0, 0.1) is 12.0 Å². The molecule has 0 amide bonds. The minimum atomic E-state index is 0.342. The van der Waals surface area contributed by atoms with Gasteiger partial charge in [-0.2, -0.15) is 11.5 Å². The van der Waals surface area contributed by atoms with Crippen LogP contribution < -0.4 is 0 Å². The average molecular weight is 381 g/mol. The maximum absolute atomic E-state index is 7.14. The zero-order valence-electron chi connectivity index (χ0n) is 15.1. The number of nitrogens with zero attached hydrogens (tertiary/aromatic N) is 6. The molecule has 6 rings (SSSR count). The van der Waals surface area contributed by atoms with E-state index in [2.05, 4.69) is 36.8 Å². The van der Waals surface area contributed by atoms with Gasteiger partial charge >= 0.3 is 0 Å². The Labute approximate surface area is 163 Å². The molecule has 138 valence electrons. The van der Waals surface area contributed by atoms with Gasteiger partial charge in [0, 0.05) is 28.9 Å².